The van der Waals surface area contributed by atoms with Gasteiger partial charge < -0.3 is 15.4 Å². The van der Waals surface area contributed by atoms with Crippen molar-refractivity contribution in [1.82, 2.24) is 5.32 Å². The summed E-state index contributed by atoms with van der Waals surface area (Å²) in [6.07, 6.45) is 0. The third-order valence-corrected chi connectivity index (χ3v) is 2.74. The summed E-state index contributed by atoms with van der Waals surface area (Å²) in [5, 5.41) is 5.85. The van der Waals surface area contributed by atoms with Crippen molar-refractivity contribution in [2.45, 2.75) is 6.92 Å². The summed E-state index contributed by atoms with van der Waals surface area (Å²) in [4.78, 5) is 11.6. The Kier molecular flexibility index (Phi) is 9.01. The number of carbonyl (C=O) groups excluding carboxylic acids is 1. The topological polar surface area (TPSA) is 50.4 Å². The molecule has 1 rings (SSSR count). The molecular formula is C12H18BrClN2O2. The third kappa shape index (κ3) is 6.35. The third-order valence-electron chi connectivity index (χ3n) is 2.24. The lowest BCUT2D eigenvalue weighted by Crippen LogP contribution is -2.30. The Balaban J connectivity index is 0.00000289. The van der Waals surface area contributed by atoms with Crippen molar-refractivity contribution in [2.24, 2.45) is 0 Å². The zero-order chi connectivity index (χ0) is 12.7. The zero-order valence-electron chi connectivity index (χ0n) is 10.5. The van der Waals surface area contributed by atoms with Gasteiger partial charge >= 0.3 is 0 Å². The average molecular weight is 338 g/mol. The molecule has 1 aromatic carbocycles. The molecule has 0 heterocycles. The van der Waals surface area contributed by atoms with Crippen molar-refractivity contribution in [3.63, 3.8) is 0 Å². The standard InChI is InChI=1S/C12H17BrN2O2.ClH/c1-9-3-4-10(13)7-11(9)15-12(16)8-14-5-6-17-2;/h3-4,7,14H,5-6,8H2,1-2H3,(H,15,16);1H. The van der Waals surface area contributed by atoms with Crippen LogP contribution in [0.25, 0.3) is 0 Å². The van der Waals surface area contributed by atoms with Crippen LogP contribution in [0, 0.1) is 6.92 Å². The van der Waals surface area contributed by atoms with Gasteiger partial charge in [0.2, 0.25) is 5.91 Å². The van der Waals surface area contributed by atoms with Crippen LogP contribution in [0.1, 0.15) is 5.56 Å². The van der Waals surface area contributed by atoms with E-state index >= 15 is 0 Å². The van der Waals surface area contributed by atoms with Crippen molar-refractivity contribution < 1.29 is 9.53 Å². The minimum atomic E-state index is -0.0534. The fraction of sp³-hybridized carbons (Fsp3) is 0.417. The first-order valence-electron chi connectivity index (χ1n) is 5.39. The number of nitrogens with one attached hydrogen (secondary N) is 2. The Labute approximate surface area is 122 Å². The first-order chi connectivity index (χ1) is 8.13. The van der Waals surface area contributed by atoms with Gasteiger partial charge in [-0.1, -0.05) is 22.0 Å². The molecule has 0 aliphatic rings. The largest absolute Gasteiger partial charge is 0.383 e. The van der Waals surface area contributed by atoms with E-state index in [-0.39, 0.29) is 24.9 Å². The highest BCUT2D eigenvalue weighted by Gasteiger charge is 2.04. The van der Waals surface area contributed by atoms with Crippen LogP contribution in [0.2, 0.25) is 0 Å². The van der Waals surface area contributed by atoms with E-state index in [1.807, 2.05) is 25.1 Å². The van der Waals surface area contributed by atoms with Crippen LogP contribution in [0.5, 0.6) is 0 Å². The molecule has 6 heteroatoms. The molecule has 1 aromatic rings. The number of aryl methyl sites for hydroxylation is 1. The summed E-state index contributed by atoms with van der Waals surface area (Å²) in [6.45, 7) is 3.51. The van der Waals surface area contributed by atoms with Crippen LogP contribution in [0.15, 0.2) is 22.7 Å². The number of anilines is 1. The number of hydrogen-bond donors (Lipinski definition) is 2. The van der Waals surface area contributed by atoms with Gasteiger partial charge in [0.25, 0.3) is 0 Å². The molecular weight excluding hydrogens is 320 g/mol. The first kappa shape index (κ1) is 17.4. The Morgan fingerprint density at radius 1 is 1.44 bits per heavy atom. The predicted molar refractivity (Wildman–Crippen MR) is 79.5 cm³/mol. The molecule has 0 spiro atoms. The second-order valence-corrected chi connectivity index (χ2v) is 4.59. The van der Waals surface area contributed by atoms with Gasteiger partial charge in [-0.05, 0) is 24.6 Å². The van der Waals surface area contributed by atoms with Gasteiger partial charge in [0.15, 0.2) is 0 Å². The van der Waals surface area contributed by atoms with Gasteiger partial charge in [-0.3, -0.25) is 4.79 Å². The first-order valence-corrected chi connectivity index (χ1v) is 6.18. The molecule has 0 bridgehead atoms. The molecule has 2 N–H and O–H groups in total. The van der Waals surface area contributed by atoms with E-state index in [0.717, 1.165) is 15.7 Å². The van der Waals surface area contributed by atoms with Gasteiger partial charge in [0.1, 0.15) is 0 Å². The molecule has 0 unspecified atom stereocenters. The number of rotatable bonds is 6. The van der Waals surface area contributed by atoms with Crippen LogP contribution >= 0.6 is 28.3 Å². The molecule has 0 aromatic heterocycles. The molecule has 0 atom stereocenters. The number of ether oxygens (including phenoxy) is 1. The van der Waals surface area contributed by atoms with Crippen molar-refractivity contribution >= 4 is 39.9 Å². The Hall–Kier alpha value is -0.620. The highest BCUT2D eigenvalue weighted by atomic mass is 79.9. The van der Waals surface area contributed by atoms with Crippen LogP contribution in [0.4, 0.5) is 5.69 Å². The number of hydrogen-bond acceptors (Lipinski definition) is 3. The van der Waals surface area contributed by atoms with E-state index in [4.69, 9.17) is 4.74 Å². The summed E-state index contributed by atoms with van der Waals surface area (Å²) < 4.78 is 5.83. The molecule has 102 valence electrons. The maximum absolute atomic E-state index is 11.6. The molecule has 0 radical (unpaired) electrons. The summed E-state index contributed by atoms with van der Waals surface area (Å²) in [7, 11) is 1.63. The van der Waals surface area contributed by atoms with Crippen LogP contribution in [-0.4, -0.2) is 32.7 Å². The minimum absolute atomic E-state index is 0. The normalized spacial score (nSPS) is 9.72. The number of carbonyl (C=O) groups is 1. The Morgan fingerprint density at radius 3 is 2.83 bits per heavy atom. The molecule has 4 nitrogen and oxygen atoms in total. The maximum Gasteiger partial charge on any atom is 0.238 e. The number of halogens is 2. The van der Waals surface area contributed by atoms with E-state index < -0.39 is 0 Å². The SMILES string of the molecule is COCCNCC(=O)Nc1cc(Br)ccc1C.Cl. The second-order valence-electron chi connectivity index (χ2n) is 3.68. The van der Waals surface area contributed by atoms with E-state index in [1.54, 1.807) is 7.11 Å². The van der Waals surface area contributed by atoms with Crippen molar-refractivity contribution in [3.05, 3.63) is 28.2 Å². The molecule has 0 fully saturated rings. The van der Waals surface area contributed by atoms with Crippen LogP contribution < -0.4 is 10.6 Å². The van der Waals surface area contributed by atoms with Crippen molar-refractivity contribution in [2.75, 3.05) is 32.1 Å². The molecule has 0 saturated carbocycles. The zero-order valence-corrected chi connectivity index (χ0v) is 12.9. The Bertz CT molecular complexity index is 388. The van der Waals surface area contributed by atoms with Gasteiger partial charge in [-0.15, -0.1) is 12.4 Å². The summed E-state index contributed by atoms with van der Waals surface area (Å²) in [5.74, 6) is -0.0534. The fourth-order valence-corrected chi connectivity index (χ4v) is 1.66. The van der Waals surface area contributed by atoms with E-state index in [9.17, 15) is 4.79 Å². The van der Waals surface area contributed by atoms with Crippen molar-refractivity contribution in [1.29, 1.82) is 0 Å². The lowest BCUT2D eigenvalue weighted by atomic mass is 10.2. The van der Waals surface area contributed by atoms with Gasteiger partial charge in [0.05, 0.1) is 13.2 Å². The highest BCUT2D eigenvalue weighted by molar-refractivity contribution is 9.10. The monoisotopic (exact) mass is 336 g/mol. The number of benzene rings is 1. The van der Waals surface area contributed by atoms with Crippen molar-refractivity contribution in [3.8, 4) is 0 Å². The lowest BCUT2D eigenvalue weighted by Gasteiger charge is -2.09. The van der Waals surface area contributed by atoms with Crippen LogP contribution in [-0.2, 0) is 9.53 Å². The Morgan fingerprint density at radius 2 is 2.17 bits per heavy atom. The van der Waals surface area contributed by atoms with Gasteiger partial charge in [-0.25, -0.2) is 0 Å². The van der Waals surface area contributed by atoms with Gasteiger partial charge in [-0.2, -0.15) is 0 Å². The number of methoxy groups -OCH3 is 1. The minimum Gasteiger partial charge on any atom is -0.383 e. The van der Waals surface area contributed by atoms with E-state index in [2.05, 4.69) is 26.6 Å². The molecule has 0 aliphatic carbocycles. The second kappa shape index (κ2) is 9.33. The molecule has 18 heavy (non-hydrogen) atoms. The predicted octanol–water partition coefficient (Wildman–Crippen LogP) is 2.35. The fourth-order valence-electron chi connectivity index (χ4n) is 1.30. The summed E-state index contributed by atoms with van der Waals surface area (Å²) in [5.41, 5.74) is 1.87. The molecule has 1 amide bonds. The lowest BCUT2D eigenvalue weighted by molar-refractivity contribution is -0.115. The molecule has 0 aliphatic heterocycles. The summed E-state index contributed by atoms with van der Waals surface area (Å²) in [6, 6.07) is 5.79. The summed E-state index contributed by atoms with van der Waals surface area (Å²) >= 11 is 3.38. The van der Waals surface area contributed by atoms with E-state index in [0.29, 0.717) is 13.2 Å². The molecule has 0 saturated heterocycles. The smallest absolute Gasteiger partial charge is 0.238 e. The quantitative estimate of drug-likeness (QED) is 0.784. The highest BCUT2D eigenvalue weighted by Crippen LogP contribution is 2.20. The van der Waals surface area contributed by atoms with Crippen LogP contribution in [0.3, 0.4) is 0 Å². The van der Waals surface area contributed by atoms with Gasteiger partial charge in [0, 0.05) is 23.8 Å². The van der Waals surface area contributed by atoms with E-state index in [1.165, 1.54) is 0 Å². The average Bonchev–Trinajstić information content (AvgIpc) is 2.29. The number of amides is 1. The maximum atomic E-state index is 11.6.